The maximum Gasteiger partial charge on any atom is 0.306 e. The van der Waals surface area contributed by atoms with Crippen molar-refractivity contribution in [2.75, 3.05) is 11.9 Å². The van der Waals surface area contributed by atoms with Gasteiger partial charge in [0.2, 0.25) is 0 Å². The molecule has 2 N–H and O–H groups in total. The van der Waals surface area contributed by atoms with Crippen molar-refractivity contribution in [3.8, 4) is 0 Å². The smallest absolute Gasteiger partial charge is 0.306 e. The first-order valence-corrected chi connectivity index (χ1v) is 6.63. The van der Waals surface area contributed by atoms with Crippen LogP contribution in [0.1, 0.15) is 38.6 Å². The standard InChI is InChI=1S/C13H19N3O3/c1-9(13(18)19)3-2-6-14-11-12(17)16(8-7-15-11)10-4-5-10/h7-10H,2-6H2,1H3,(H,14,15)(H,18,19). The van der Waals surface area contributed by atoms with E-state index in [0.29, 0.717) is 31.2 Å². The highest BCUT2D eigenvalue weighted by atomic mass is 16.4. The van der Waals surface area contributed by atoms with Crippen molar-refractivity contribution in [2.45, 2.75) is 38.6 Å². The van der Waals surface area contributed by atoms with E-state index in [9.17, 15) is 9.59 Å². The molecule has 1 aromatic rings. The minimum Gasteiger partial charge on any atom is -0.481 e. The van der Waals surface area contributed by atoms with Gasteiger partial charge in [0.05, 0.1) is 5.92 Å². The second-order valence-electron chi connectivity index (χ2n) is 5.03. The van der Waals surface area contributed by atoms with Crippen LogP contribution in [-0.4, -0.2) is 27.2 Å². The molecule has 0 amide bonds. The summed E-state index contributed by atoms with van der Waals surface area (Å²) in [5, 5.41) is 11.8. The molecule has 0 spiro atoms. The number of aromatic nitrogens is 2. The highest BCUT2D eigenvalue weighted by molar-refractivity contribution is 5.69. The Labute approximate surface area is 111 Å². The Hall–Kier alpha value is -1.85. The Balaban J connectivity index is 1.85. The summed E-state index contributed by atoms with van der Waals surface area (Å²) < 4.78 is 1.72. The number of carbonyl (C=O) groups is 1. The van der Waals surface area contributed by atoms with Crippen LogP contribution in [0.2, 0.25) is 0 Å². The van der Waals surface area contributed by atoms with E-state index in [1.807, 2.05) is 0 Å². The van der Waals surface area contributed by atoms with Crippen molar-refractivity contribution >= 4 is 11.8 Å². The highest BCUT2D eigenvalue weighted by Crippen LogP contribution is 2.33. The van der Waals surface area contributed by atoms with E-state index in [-0.39, 0.29) is 11.5 Å². The van der Waals surface area contributed by atoms with Gasteiger partial charge in [0.25, 0.3) is 5.56 Å². The fraction of sp³-hybridized carbons (Fsp3) is 0.615. The van der Waals surface area contributed by atoms with Crippen LogP contribution < -0.4 is 10.9 Å². The van der Waals surface area contributed by atoms with E-state index >= 15 is 0 Å². The topological polar surface area (TPSA) is 84.2 Å². The van der Waals surface area contributed by atoms with Crippen LogP contribution in [-0.2, 0) is 4.79 Å². The van der Waals surface area contributed by atoms with Gasteiger partial charge in [-0.15, -0.1) is 0 Å². The molecule has 2 rings (SSSR count). The lowest BCUT2D eigenvalue weighted by atomic mass is 10.1. The van der Waals surface area contributed by atoms with E-state index in [0.717, 1.165) is 12.8 Å². The number of rotatable bonds is 7. The van der Waals surface area contributed by atoms with E-state index < -0.39 is 5.97 Å². The quantitative estimate of drug-likeness (QED) is 0.730. The summed E-state index contributed by atoms with van der Waals surface area (Å²) in [6.07, 6.45) is 6.75. The van der Waals surface area contributed by atoms with Crippen molar-refractivity contribution in [1.29, 1.82) is 0 Å². The normalized spacial score (nSPS) is 16.1. The molecule has 1 aromatic heterocycles. The molecular weight excluding hydrogens is 246 g/mol. The molecule has 0 saturated heterocycles. The number of hydrogen-bond donors (Lipinski definition) is 2. The SMILES string of the molecule is CC(CCCNc1nccn(C2CC2)c1=O)C(=O)O. The molecule has 19 heavy (non-hydrogen) atoms. The minimum absolute atomic E-state index is 0.0868. The molecule has 1 aliphatic carbocycles. The van der Waals surface area contributed by atoms with Crippen molar-refractivity contribution in [1.82, 2.24) is 9.55 Å². The molecule has 0 bridgehead atoms. The van der Waals surface area contributed by atoms with Gasteiger partial charge in [-0.1, -0.05) is 6.92 Å². The lowest BCUT2D eigenvalue weighted by Gasteiger charge is -2.09. The lowest BCUT2D eigenvalue weighted by molar-refractivity contribution is -0.141. The Morgan fingerprint density at radius 3 is 3.00 bits per heavy atom. The van der Waals surface area contributed by atoms with Crippen molar-refractivity contribution in [3.05, 3.63) is 22.7 Å². The summed E-state index contributed by atoms with van der Waals surface area (Å²) in [4.78, 5) is 26.7. The van der Waals surface area contributed by atoms with Crippen molar-refractivity contribution in [2.24, 2.45) is 5.92 Å². The van der Waals surface area contributed by atoms with E-state index in [4.69, 9.17) is 5.11 Å². The zero-order chi connectivity index (χ0) is 13.8. The van der Waals surface area contributed by atoms with E-state index in [2.05, 4.69) is 10.3 Å². The number of aliphatic carboxylic acids is 1. The average Bonchev–Trinajstić information content (AvgIpc) is 3.20. The van der Waals surface area contributed by atoms with Crippen LogP contribution in [0.4, 0.5) is 5.82 Å². The number of carboxylic acid groups (broad SMARTS) is 1. The zero-order valence-electron chi connectivity index (χ0n) is 11.0. The number of anilines is 1. The van der Waals surface area contributed by atoms with Gasteiger partial charge in [0.15, 0.2) is 5.82 Å². The molecule has 0 radical (unpaired) electrons. The third-order valence-electron chi connectivity index (χ3n) is 3.34. The van der Waals surface area contributed by atoms with Crippen molar-refractivity contribution < 1.29 is 9.90 Å². The number of nitrogens with one attached hydrogen (secondary N) is 1. The Morgan fingerprint density at radius 1 is 1.63 bits per heavy atom. The van der Waals surface area contributed by atoms with Crippen LogP contribution in [0, 0.1) is 5.92 Å². The molecule has 6 heteroatoms. The van der Waals surface area contributed by atoms with Crippen LogP contribution in [0.3, 0.4) is 0 Å². The molecule has 6 nitrogen and oxygen atoms in total. The molecule has 1 fully saturated rings. The molecule has 104 valence electrons. The average molecular weight is 265 g/mol. The van der Waals surface area contributed by atoms with Gasteiger partial charge in [0.1, 0.15) is 0 Å². The minimum atomic E-state index is -0.783. The number of carboxylic acids is 1. The monoisotopic (exact) mass is 265 g/mol. The van der Waals surface area contributed by atoms with Gasteiger partial charge in [0, 0.05) is 25.0 Å². The second kappa shape index (κ2) is 5.86. The molecule has 1 saturated carbocycles. The zero-order valence-corrected chi connectivity index (χ0v) is 11.0. The largest absolute Gasteiger partial charge is 0.481 e. The summed E-state index contributed by atoms with van der Waals surface area (Å²) >= 11 is 0. The van der Waals surface area contributed by atoms with Crippen LogP contribution >= 0.6 is 0 Å². The molecule has 1 aliphatic rings. The Bertz CT molecular complexity index is 508. The van der Waals surface area contributed by atoms with Gasteiger partial charge in [-0.3, -0.25) is 9.59 Å². The molecular formula is C13H19N3O3. The molecule has 0 aromatic carbocycles. The fourth-order valence-electron chi connectivity index (χ4n) is 1.92. The Kier molecular flexibility index (Phi) is 4.19. The predicted molar refractivity (Wildman–Crippen MR) is 71.3 cm³/mol. The first kappa shape index (κ1) is 13.6. The number of nitrogens with zero attached hydrogens (tertiary/aromatic N) is 2. The second-order valence-corrected chi connectivity index (χ2v) is 5.03. The lowest BCUT2D eigenvalue weighted by Crippen LogP contribution is -2.24. The summed E-state index contributed by atoms with van der Waals surface area (Å²) in [7, 11) is 0. The van der Waals surface area contributed by atoms with E-state index in [1.165, 1.54) is 0 Å². The fourth-order valence-corrected chi connectivity index (χ4v) is 1.92. The summed E-state index contributed by atoms with van der Waals surface area (Å²) in [5.41, 5.74) is -0.0868. The maximum atomic E-state index is 12.0. The van der Waals surface area contributed by atoms with Gasteiger partial charge in [-0.05, 0) is 25.7 Å². The predicted octanol–water partition coefficient (Wildman–Crippen LogP) is 1.49. The van der Waals surface area contributed by atoms with Gasteiger partial charge >= 0.3 is 5.97 Å². The summed E-state index contributed by atoms with van der Waals surface area (Å²) in [5.74, 6) is -0.778. The first-order valence-electron chi connectivity index (χ1n) is 6.63. The van der Waals surface area contributed by atoms with Gasteiger partial charge < -0.3 is 15.0 Å². The van der Waals surface area contributed by atoms with Crippen LogP contribution in [0.5, 0.6) is 0 Å². The molecule has 1 unspecified atom stereocenters. The third-order valence-corrected chi connectivity index (χ3v) is 3.34. The molecule has 0 aliphatic heterocycles. The highest BCUT2D eigenvalue weighted by Gasteiger charge is 2.25. The van der Waals surface area contributed by atoms with Crippen LogP contribution in [0.25, 0.3) is 0 Å². The summed E-state index contributed by atoms with van der Waals surface area (Å²) in [6, 6.07) is 0.336. The van der Waals surface area contributed by atoms with Gasteiger partial charge in [-0.2, -0.15) is 0 Å². The van der Waals surface area contributed by atoms with E-state index in [1.54, 1.807) is 23.9 Å². The summed E-state index contributed by atoms with van der Waals surface area (Å²) in [6.45, 7) is 2.25. The maximum absolute atomic E-state index is 12.0. The number of hydrogen-bond acceptors (Lipinski definition) is 4. The molecule has 1 heterocycles. The molecule has 1 atom stereocenters. The third kappa shape index (κ3) is 3.56. The van der Waals surface area contributed by atoms with Gasteiger partial charge in [-0.25, -0.2) is 4.98 Å². The Morgan fingerprint density at radius 2 is 2.37 bits per heavy atom. The van der Waals surface area contributed by atoms with Crippen LogP contribution in [0.15, 0.2) is 17.2 Å². The first-order chi connectivity index (χ1) is 9.09. The van der Waals surface area contributed by atoms with Crippen molar-refractivity contribution in [3.63, 3.8) is 0 Å².